The lowest BCUT2D eigenvalue weighted by molar-refractivity contribution is 0.474. The first-order chi connectivity index (χ1) is 8.85. The van der Waals surface area contributed by atoms with Gasteiger partial charge in [-0.2, -0.15) is 0 Å². The van der Waals surface area contributed by atoms with Crippen LogP contribution in [0.1, 0.15) is 31.4 Å². The Morgan fingerprint density at radius 3 is 2.33 bits per heavy atom. The molecule has 2 rings (SSSR count). The van der Waals surface area contributed by atoms with Gasteiger partial charge in [0.05, 0.1) is 0 Å². The minimum Gasteiger partial charge on any atom is -0.457 e. The summed E-state index contributed by atoms with van der Waals surface area (Å²) < 4.78 is 6.00. The van der Waals surface area contributed by atoms with E-state index in [1.165, 1.54) is 11.1 Å². The van der Waals surface area contributed by atoms with Gasteiger partial charge in [0.2, 0.25) is 0 Å². The predicted octanol–water partition coefficient (Wildman–Crippen LogP) is 4.99. The van der Waals surface area contributed by atoms with Gasteiger partial charge in [0.25, 0.3) is 0 Å². The molecule has 0 atom stereocenters. The van der Waals surface area contributed by atoms with Crippen molar-refractivity contribution >= 4 is 0 Å². The Hall–Kier alpha value is -1.76. The molecule has 0 fully saturated rings. The van der Waals surface area contributed by atoms with Crippen molar-refractivity contribution in [2.45, 2.75) is 33.1 Å². The molecule has 1 nitrogen and oxygen atoms in total. The van der Waals surface area contributed by atoms with Crippen LogP contribution in [-0.2, 0) is 12.8 Å². The Bertz CT molecular complexity index is 488. The van der Waals surface area contributed by atoms with Crippen molar-refractivity contribution in [3.8, 4) is 11.5 Å². The van der Waals surface area contributed by atoms with E-state index >= 15 is 0 Å². The van der Waals surface area contributed by atoms with Gasteiger partial charge in [-0.05, 0) is 42.2 Å². The van der Waals surface area contributed by atoms with Crippen LogP contribution in [0.2, 0.25) is 0 Å². The van der Waals surface area contributed by atoms with Gasteiger partial charge in [-0.3, -0.25) is 0 Å². The first-order valence-electron chi connectivity index (χ1n) is 6.68. The molecule has 0 spiro atoms. The molecule has 0 amide bonds. The van der Waals surface area contributed by atoms with Gasteiger partial charge in [-0.25, -0.2) is 0 Å². The molecule has 0 saturated carbocycles. The van der Waals surface area contributed by atoms with E-state index in [4.69, 9.17) is 4.74 Å². The normalized spacial score (nSPS) is 10.3. The highest BCUT2D eigenvalue weighted by molar-refractivity contribution is 5.43. The summed E-state index contributed by atoms with van der Waals surface area (Å²) in [6, 6.07) is 16.3. The topological polar surface area (TPSA) is 9.23 Å². The highest BCUT2D eigenvalue weighted by atomic mass is 16.5. The lowest BCUT2D eigenvalue weighted by atomic mass is 10.0. The SMILES string of the molecule is CCCc1c(CC)cccc1Oc1ccccc1. The lowest BCUT2D eigenvalue weighted by Gasteiger charge is -2.14. The van der Waals surface area contributed by atoms with E-state index in [9.17, 15) is 0 Å². The molecular formula is C17H20O. The van der Waals surface area contributed by atoms with Gasteiger partial charge in [-0.1, -0.05) is 50.6 Å². The zero-order valence-electron chi connectivity index (χ0n) is 11.1. The number of rotatable bonds is 5. The Morgan fingerprint density at radius 1 is 0.889 bits per heavy atom. The van der Waals surface area contributed by atoms with Gasteiger partial charge >= 0.3 is 0 Å². The van der Waals surface area contributed by atoms with E-state index in [2.05, 4.69) is 32.0 Å². The molecule has 94 valence electrons. The van der Waals surface area contributed by atoms with Crippen molar-refractivity contribution in [1.29, 1.82) is 0 Å². The summed E-state index contributed by atoms with van der Waals surface area (Å²) in [4.78, 5) is 0. The van der Waals surface area contributed by atoms with E-state index < -0.39 is 0 Å². The maximum atomic E-state index is 6.00. The second-order valence-electron chi connectivity index (χ2n) is 4.41. The molecule has 2 aromatic carbocycles. The van der Waals surface area contributed by atoms with Crippen LogP contribution in [0.5, 0.6) is 11.5 Å². The van der Waals surface area contributed by atoms with Crippen LogP contribution in [0.15, 0.2) is 48.5 Å². The molecule has 0 aliphatic carbocycles. The maximum Gasteiger partial charge on any atom is 0.130 e. The number of benzene rings is 2. The van der Waals surface area contributed by atoms with Crippen molar-refractivity contribution in [3.05, 3.63) is 59.7 Å². The summed E-state index contributed by atoms with van der Waals surface area (Å²) in [5.41, 5.74) is 2.75. The van der Waals surface area contributed by atoms with E-state index in [0.717, 1.165) is 30.8 Å². The van der Waals surface area contributed by atoms with E-state index in [0.29, 0.717) is 0 Å². The monoisotopic (exact) mass is 240 g/mol. The molecule has 0 N–H and O–H groups in total. The number of aryl methyl sites for hydroxylation is 1. The molecule has 2 aromatic rings. The first-order valence-corrected chi connectivity index (χ1v) is 6.68. The molecule has 0 bridgehead atoms. The van der Waals surface area contributed by atoms with Crippen LogP contribution in [0.4, 0.5) is 0 Å². The summed E-state index contributed by atoms with van der Waals surface area (Å²) in [7, 11) is 0. The van der Waals surface area contributed by atoms with E-state index in [-0.39, 0.29) is 0 Å². The number of hydrogen-bond donors (Lipinski definition) is 0. The molecule has 0 radical (unpaired) electrons. The first kappa shape index (κ1) is 12.7. The third kappa shape index (κ3) is 2.92. The average Bonchev–Trinajstić information content (AvgIpc) is 2.42. The number of ether oxygens (including phenoxy) is 1. The van der Waals surface area contributed by atoms with Crippen molar-refractivity contribution in [2.75, 3.05) is 0 Å². The minimum atomic E-state index is 0.906. The quantitative estimate of drug-likeness (QED) is 0.715. The highest BCUT2D eigenvalue weighted by Gasteiger charge is 2.08. The summed E-state index contributed by atoms with van der Waals surface area (Å²) >= 11 is 0. The summed E-state index contributed by atoms with van der Waals surface area (Å²) in [6.45, 7) is 4.40. The highest BCUT2D eigenvalue weighted by Crippen LogP contribution is 2.29. The van der Waals surface area contributed by atoms with Crippen LogP contribution in [0.3, 0.4) is 0 Å². The molecule has 0 heterocycles. The van der Waals surface area contributed by atoms with Crippen molar-refractivity contribution in [3.63, 3.8) is 0 Å². The van der Waals surface area contributed by atoms with Gasteiger partial charge in [0.15, 0.2) is 0 Å². The fraction of sp³-hybridized carbons (Fsp3) is 0.294. The summed E-state index contributed by atoms with van der Waals surface area (Å²) in [5.74, 6) is 1.91. The maximum absolute atomic E-state index is 6.00. The number of para-hydroxylation sites is 1. The van der Waals surface area contributed by atoms with Gasteiger partial charge < -0.3 is 4.74 Å². The molecule has 18 heavy (non-hydrogen) atoms. The zero-order chi connectivity index (χ0) is 12.8. The van der Waals surface area contributed by atoms with Crippen molar-refractivity contribution < 1.29 is 4.74 Å². The second-order valence-corrected chi connectivity index (χ2v) is 4.41. The third-order valence-electron chi connectivity index (χ3n) is 3.08. The Kier molecular flexibility index (Phi) is 4.40. The average molecular weight is 240 g/mol. The molecule has 0 saturated heterocycles. The van der Waals surface area contributed by atoms with E-state index in [1.807, 2.05) is 30.3 Å². The fourth-order valence-electron chi connectivity index (χ4n) is 2.19. The van der Waals surface area contributed by atoms with Crippen molar-refractivity contribution in [1.82, 2.24) is 0 Å². The zero-order valence-corrected chi connectivity index (χ0v) is 11.1. The Labute approximate surface area is 109 Å². The Morgan fingerprint density at radius 2 is 1.67 bits per heavy atom. The lowest BCUT2D eigenvalue weighted by Crippen LogP contribution is -1.97. The molecule has 0 aliphatic rings. The van der Waals surface area contributed by atoms with Crippen LogP contribution < -0.4 is 4.74 Å². The second kappa shape index (κ2) is 6.25. The van der Waals surface area contributed by atoms with Crippen LogP contribution >= 0.6 is 0 Å². The van der Waals surface area contributed by atoms with Gasteiger partial charge in [-0.15, -0.1) is 0 Å². The van der Waals surface area contributed by atoms with Crippen LogP contribution in [0, 0.1) is 0 Å². The molecule has 0 aliphatic heterocycles. The minimum absolute atomic E-state index is 0.906. The summed E-state index contributed by atoms with van der Waals surface area (Å²) in [6.07, 6.45) is 3.27. The van der Waals surface area contributed by atoms with Crippen LogP contribution in [-0.4, -0.2) is 0 Å². The van der Waals surface area contributed by atoms with Gasteiger partial charge in [0, 0.05) is 0 Å². The molecule has 0 aromatic heterocycles. The van der Waals surface area contributed by atoms with Crippen LogP contribution in [0.25, 0.3) is 0 Å². The third-order valence-corrected chi connectivity index (χ3v) is 3.08. The molecular weight excluding hydrogens is 220 g/mol. The van der Waals surface area contributed by atoms with Gasteiger partial charge in [0.1, 0.15) is 11.5 Å². The van der Waals surface area contributed by atoms with Crippen molar-refractivity contribution in [2.24, 2.45) is 0 Å². The fourth-order valence-corrected chi connectivity index (χ4v) is 2.19. The molecule has 1 heteroatoms. The largest absolute Gasteiger partial charge is 0.457 e. The molecule has 0 unspecified atom stereocenters. The number of hydrogen-bond acceptors (Lipinski definition) is 1. The smallest absolute Gasteiger partial charge is 0.130 e. The summed E-state index contributed by atoms with van der Waals surface area (Å²) in [5, 5.41) is 0. The Balaban J connectivity index is 2.32. The van der Waals surface area contributed by atoms with E-state index in [1.54, 1.807) is 0 Å². The predicted molar refractivity (Wildman–Crippen MR) is 76.3 cm³/mol. The standard InChI is InChI=1S/C17H20O/c1-3-9-16-14(4-2)10-8-13-17(16)18-15-11-6-5-7-12-15/h5-8,10-13H,3-4,9H2,1-2H3.